The lowest BCUT2D eigenvalue weighted by Gasteiger charge is -2.05. The molecule has 0 atom stereocenters. The number of amides is 1. The number of pyridine rings is 1. The molecule has 0 spiro atoms. The Morgan fingerprint density at radius 1 is 1.23 bits per heavy atom. The molecule has 26 heavy (non-hydrogen) atoms. The molecule has 1 aliphatic rings. The molecule has 4 rings (SSSR count). The third-order valence-electron chi connectivity index (χ3n) is 3.65. The molecule has 2 aromatic heterocycles. The van der Waals surface area contributed by atoms with Crippen molar-refractivity contribution in [3.63, 3.8) is 0 Å². The van der Waals surface area contributed by atoms with Gasteiger partial charge in [0.2, 0.25) is 6.79 Å². The van der Waals surface area contributed by atoms with Gasteiger partial charge in [0, 0.05) is 17.6 Å². The fourth-order valence-corrected chi connectivity index (χ4v) is 3.04. The second-order valence-corrected chi connectivity index (χ2v) is 6.38. The maximum absolute atomic E-state index is 12.2. The number of aromatic nitrogens is 2. The second-order valence-electron chi connectivity index (χ2n) is 5.43. The molecule has 0 unspecified atom stereocenters. The van der Waals surface area contributed by atoms with E-state index in [1.165, 1.54) is 11.3 Å². The minimum Gasteiger partial charge on any atom is -0.486 e. The molecule has 7 nitrogen and oxygen atoms in total. The van der Waals surface area contributed by atoms with E-state index in [0.29, 0.717) is 34.5 Å². The van der Waals surface area contributed by atoms with Crippen LogP contribution in [0.1, 0.15) is 21.2 Å². The Kier molecular flexibility index (Phi) is 4.65. The number of hydrogen-bond donors (Lipinski definition) is 1. The second kappa shape index (κ2) is 7.40. The van der Waals surface area contributed by atoms with Crippen LogP contribution in [-0.2, 0) is 13.2 Å². The standard InChI is InChI=1S/C18H15N3O4S/c22-18(20-8-12-3-1-2-6-19-12)14-10-26-17(21-14)9-23-13-4-5-15-16(7-13)25-11-24-15/h1-7,10H,8-9,11H2,(H,20,22). The quantitative estimate of drug-likeness (QED) is 0.719. The van der Waals surface area contributed by atoms with Crippen molar-refractivity contribution in [2.45, 2.75) is 13.2 Å². The normalized spacial score (nSPS) is 12.0. The first-order chi connectivity index (χ1) is 12.8. The predicted molar refractivity (Wildman–Crippen MR) is 94.4 cm³/mol. The fraction of sp³-hybridized carbons (Fsp3) is 0.167. The van der Waals surface area contributed by atoms with Gasteiger partial charge in [-0.3, -0.25) is 9.78 Å². The largest absolute Gasteiger partial charge is 0.486 e. The molecule has 0 aliphatic carbocycles. The number of benzene rings is 1. The molecule has 3 aromatic rings. The van der Waals surface area contributed by atoms with Gasteiger partial charge in [0.05, 0.1) is 12.2 Å². The van der Waals surface area contributed by atoms with Gasteiger partial charge >= 0.3 is 0 Å². The zero-order valence-corrected chi connectivity index (χ0v) is 14.5. The van der Waals surface area contributed by atoms with Crippen molar-refractivity contribution in [1.82, 2.24) is 15.3 Å². The third-order valence-corrected chi connectivity index (χ3v) is 4.47. The number of hydrogen-bond acceptors (Lipinski definition) is 7. The maximum Gasteiger partial charge on any atom is 0.271 e. The van der Waals surface area contributed by atoms with E-state index in [-0.39, 0.29) is 19.3 Å². The third kappa shape index (κ3) is 3.75. The molecule has 0 saturated heterocycles. The summed E-state index contributed by atoms with van der Waals surface area (Å²) >= 11 is 1.38. The minimum absolute atomic E-state index is 0.224. The molecule has 0 radical (unpaired) electrons. The highest BCUT2D eigenvalue weighted by Crippen LogP contribution is 2.35. The molecule has 0 saturated carbocycles. The van der Waals surface area contributed by atoms with E-state index in [1.807, 2.05) is 24.3 Å². The van der Waals surface area contributed by atoms with Gasteiger partial charge in [0.25, 0.3) is 5.91 Å². The van der Waals surface area contributed by atoms with Gasteiger partial charge < -0.3 is 19.5 Å². The van der Waals surface area contributed by atoms with Crippen LogP contribution in [0.2, 0.25) is 0 Å². The van der Waals surface area contributed by atoms with Gasteiger partial charge in [-0.25, -0.2) is 4.98 Å². The number of ether oxygens (including phenoxy) is 3. The minimum atomic E-state index is -0.235. The van der Waals surface area contributed by atoms with Crippen molar-refractivity contribution in [3.05, 3.63) is 64.4 Å². The molecule has 3 heterocycles. The van der Waals surface area contributed by atoms with Gasteiger partial charge in [-0.2, -0.15) is 0 Å². The van der Waals surface area contributed by atoms with Crippen LogP contribution in [0, 0.1) is 0 Å². The molecule has 1 aliphatic heterocycles. The Balaban J connectivity index is 1.32. The number of rotatable bonds is 6. The van der Waals surface area contributed by atoms with Gasteiger partial charge in [-0.05, 0) is 24.3 Å². The van der Waals surface area contributed by atoms with Crippen molar-refractivity contribution in [3.8, 4) is 17.2 Å². The van der Waals surface area contributed by atoms with E-state index in [0.717, 1.165) is 5.69 Å². The Morgan fingerprint density at radius 2 is 2.15 bits per heavy atom. The predicted octanol–water partition coefficient (Wildman–Crippen LogP) is 2.78. The van der Waals surface area contributed by atoms with Gasteiger partial charge in [-0.15, -0.1) is 11.3 Å². The number of thiazole rings is 1. The number of carbonyl (C=O) groups is 1. The number of nitrogens with one attached hydrogen (secondary N) is 1. The monoisotopic (exact) mass is 369 g/mol. The summed E-state index contributed by atoms with van der Waals surface area (Å²) in [5.41, 5.74) is 1.16. The van der Waals surface area contributed by atoms with Gasteiger partial charge in [0.15, 0.2) is 11.5 Å². The highest BCUT2D eigenvalue weighted by Gasteiger charge is 2.15. The van der Waals surface area contributed by atoms with Crippen LogP contribution < -0.4 is 19.5 Å². The lowest BCUT2D eigenvalue weighted by atomic mass is 10.3. The van der Waals surface area contributed by atoms with Gasteiger partial charge in [-0.1, -0.05) is 6.07 Å². The molecule has 1 aromatic carbocycles. The van der Waals surface area contributed by atoms with Crippen molar-refractivity contribution >= 4 is 17.2 Å². The Hall–Kier alpha value is -3.13. The summed E-state index contributed by atoms with van der Waals surface area (Å²) in [5.74, 6) is 1.79. The van der Waals surface area contributed by atoms with Crippen LogP contribution in [-0.4, -0.2) is 22.7 Å². The average Bonchev–Trinajstić information content (AvgIpc) is 3.34. The first-order valence-corrected chi connectivity index (χ1v) is 8.81. The van der Waals surface area contributed by atoms with Crippen LogP contribution in [0.3, 0.4) is 0 Å². The Labute approximate surface area is 153 Å². The number of nitrogens with zero attached hydrogens (tertiary/aromatic N) is 2. The zero-order chi connectivity index (χ0) is 17.8. The summed E-state index contributed by atoms with van der Waals surface area (Å²) in [6.45, 7) is 0.861. The maximum atomic E-state index is 12.2. The van der Waals surface area contributed by atoms with Crippen LogP contribution in [0.4, 0.5) is 0 Å². The number of carbonyl (C=O) groups excluding carboxylic acids is 1. The lowest BCUT2D eigenvalue weighted by Crippen LogP contribution is -2.23. The van der Waals surface area contributed by atoms with E-state index in [2.05, 4.69) is 15.3 Å². The van der Waals surface area contributed by atoms with Crippen molar-refractivity contribution in [2.24, 2.45) is 0 Å². The fourth-order valence-electron chi connectivity index (χ4n) is 2.36. The van der Waals surface area contributed by atoms with E-state index in [4.69, 9.17) is 14.2 Å². The molecule has 132 valence electrons. The molecule has 1 amide bonds. The van der Waals surface area contributed by atoms with Crippen molar-refractivity contribution < 1.29 is 19.0 Å². The van der Waals surface area contributed by atoms with Crippen molar-refractivity contribution in [1.29, 1.82) is 0 Å². The van der Waals surface area contributed by atoms with Crippen LogP contribution in [0.5, 0.6) is 17.2 Å². The molecule has 1 N–H and O–H groups in total. The molecule has 0 fully saturated rings. The van der Waals surface area contributed by atoms with Crippen LogP contribution >= 0.6 is 11.3 Å². The SMILES string of the molecule is O=C(NCc1ccccn1)c1csc(COc2ccc3c(c2)OCO3)n1. The van der Waals surface area contributed by atoms with Crippen LogP contribution in [0.25, 0.3) is 0 Å². The Morgan fingerprint density at radius 3 is 3.04 bits per heavy atom. The summed E-state index contributed by atoms with van der Waals surface area (Å²) in [6, 6.07) is 10.9. The summed E-state index contributed by atoms with van der Waals surface area (Å²) in [5, 5.41) is 5.23. The first-order valence-electron chi connectivity index (χ1n) is 7.93. The van der Waals surface area contributed by atoms with E-state index in [9.17, 15) is 4.79 Å². The summed E-state index contributed by atoms with van der Waals surface area (Å²) in [4.78, 5) is 20.6. The first kappa shape index (κ1) is 16.3. The topological polar surface area (TPSA) is 82.6 Å². The molecule has 8 heteroatoms. The van der Waals surface area contributed by atoms with E-state index >= 15 is 0 Å². The van der Waals surface area contributed by atoms with E-state index < -0.39 is 0 Å². The summed E-state index contributed by atoms with van der Waals surface area (Å²) in [7, 11) is 0. The van der Waals surface area contributed by atoms with Crippen molar-refractivity contribution in [2.75, 3.05) is 6.79 Å². The smallest absolute Gasteiger partial charge is 0.271 e. The summed E-state index contributed by atoms with van der Waals surface area (Å²) < 4.78 is 16.3. The highest BCUT2D eigenvalue weighted by atomic mass is 32.1. The molecule has 0 bridgehead atoms. The van der Waals surface area contributed by atoms with E-state index in [1.54, 1.807) is 23.7 Å². The summed E-state index contributed by atoms with van der Waals surface area (Å²) in [6.07, 6.45) is 1.69. The Bertz CT molecular complexity index is 914. The average molecular weight is 369 g/mol. The van der Waals surface area contributed by atoms with Crippen LogP contribution in [0.15, 0.2) is 48.0 Å². The highest BCUT2D eigenvalue weighted by molar-refractivity contribution is 7.09. The zero-order valence-electron chi connectivity index (χ0n) is 13.7. The van der Waals surface area contributed by atoms with Gasteiger partial charge in [0.1, 0.15) is 23.1 Å². The molecular formula is C18H15N3O4S. The number of fused-ring (bicyclic) bond motifs is 1. The lowest BCUT2D eigenvalue weighted by molar-refractivity contribution is 0.0945. The molecular weight excluding hydrogens is 354 g/mol.